The zero-order valence-electron chi connectivity index (χ0n) is 16.4. The quantitative estimate of drug-likeness (QED) is 0.511. The molecule has 5 rings (SSSR count). The first-order valence-electron chi connectivity index (χ1n) is 10.0. The number of aromatic nitrogens is 7. The van der Waals surface area contributed by atoms with Gasteiger partial charge in [-0.05, 0) is 31.0 Å². The summed E-state index contributed by atoms with van der Waals surface area (Å²) in [7, 11) is 0. The maximum atomic E-state index is 11.4. The topological polar surface area (TPSA) is 120 Å². The summed E-state index contributed by atoms with van der Waals surface area (Å²) >= 11 is 0. The minimum Gasteiger partial charge on any atom is -0.366 e. The van der Waals surface area contributed by atoms with Crippen molar-refractivity contribution in [3.8, 4) is 11.4 Å². The summed E-state index contributed by atoms with van der Waals surface area (Å²) in [6.45, 7) is 1.59. The number of imidazole rings is 1. The standard InChI is InChI=1S/C21H22N8O/c22-19(30)14-1-3-15(4-2-14)20-26-21(16-6-9-28-18(11-16)5-8-25-28)29(27-20)10-7-17-12-23-13-24-17/h1-5,8,12-13,16H,6-7,9-11H2,(H2,22,30)(H,23,24). The molecule has 1 unspecified atom stereocenters. The van der Waals surface area contributed by atoms with Gasteiger partial charge in [0.1, 0.15) is 5.82 Å². The van der Waals surface area contributed by atoms with Gasteiger partial charge in [-0.3, -0.25) is 9.48 Å². The van der Waals surface area contributed by atoms with Gasteiger partial charge in [0.15, 0.2) is 5.82 Å². The maximum Gasteiger partial charge on any atom is 0.248 e. The van der Waals surface area contributed by atoms with E-state index in [-0.39, 0.29) is 5.92 Å². The molecule has 0 spiro atoms. The lowest BCUT2D eigenvalue weighted by molar-refractivity contribution is 0.100. The number of H-pyrrole nitrogens is 1. The van der Waals surface area contributed by atoms with Gasteiger partial charge in [0.25, 0.3) is 0 Å². The number of hydrogen-bond donors (Lipinski definition) is 2. The van der Waals surface area contributed by atoms with Crippen LogP contribution in [0.5, 0.6) is 0 Å². The molecule has 9 heteroatoms. The fourth-order valence-electron chi connectivity index (χ4n) is 3.96. The molecule has 1 aliphatic rings. The highest BCUT2D eigenvalue weighted by Gasteiger charge is 2.26. The molecule has 0 radical (unpaired) electrons. The molecule has 3 N–H and O–H groups in total. The van der Waals surface area contributed by atoms with E-state index in [1.807, 2.05) is 29.2 Å². The number of nitrogens with two attached hydrogens (primary N) is 1. The third-order valence-electron chi connectivity index (χ3n) is 5.59. The highest BCUT2D eigenvalue weighted by molar-refractivity contribution is 5.93. The van der Waals surface area contributed by atoms with Crippen LogP contribution in [0.25, 0.3) is 11.4 Å². The van der Waals surface area contributed by atoms with Gasteiger partial charge in [-0.2, -0.15) is 10.2 Å². The molecule has 0 saturated carbocycles. The van der Waals surface area contributed by atoms with Crippen LogP contribution in [0.4, 0.5) is 0 Å². The number of fused-ring (bicyclic) bond motifs is 1. The molecule has 1 amide bonds. The lowest BCUT2D eigenvalue weighted by atomic mass is 9.95. The summed E-state index contributed by atoms with van der Waals surface area (Å²) in [5.41, 5.74) is 8.97. The Morgan fingerprint density at radius 2 is 2.10 bits per heavy atom. The van der Waals surface area contributed by atoms with Crippen molar-refractivity contribution in [2.24, 2.45) is 5.73 Å². The van der Waals surface area contributed by atoms with E-state index in [4.69, 9.17) is 15.8 Å². The summed E-state index contributed by atoms with van der Waals surface area (Å²) < 4.78 is 4.07. The largest absolute Gasteiger partial charge is 0.366 e. The Bertz CT molecular complexity index is 1160. The lowest BCUT2D eigenvalue weighted by Gasteiger charge is -2.23. The third-order valence-corrected chi connectivity index (χ3v) is 5.59. The number of carbonyl (C=O) groups excluding carboxylic acids is 1. The van der Waals surface area contributed by atoms with Crippen molar-refractivity contribution in [1.82, 2.24) is 34.5 Å². The van der Waals surface area contributed by atoms with Gasteiger partial charge in [-0.15, -0.1) is 0 Å². The Morgan fingerprint density at radius 3 is 2.87 bits per heavy atom. The number of primary amides is 1. The number of nitrogens with zero attached hydrogens (tertiary/aromatic N) is 6. The van der Waals surface area contributed by atoms with E-state index in [1.54, 1.807) is 18.5 Å². The fraction of sp³-hybridized carbons (Fsp3) is 0.286. The van der Waals surface area contributed by atoms with Crippen LogP contribution in [0.1, 0.15) is 39.9 Å². The number of aryl methyl sites for hydroxylation is 3. The van der Waals surface area contributed by atoms with E-state index in [2.05, 4.69) is 25.8 Å². The van der Waals surface area contributed by atoms with Crippen molar-refractivity contribution in [2.45, 2.75) is 38.3 Å². The number of carbonyl (C=O) groups is 1. The van der Waals surface area contributed by atoms with Crippen molar-refractivity contribution in [2.75, 3.05) is 0 Å². The van der Waals surface area contributed by atoms with Crippen LogP contribution in [0.15, 0.2) is 49.1 Å². The Hall–Kier alpha value is -3.75. The molecule has 1 atom stereocenters. The molecule has 30 heavy (non-hydrogen) atoms. The molecule has 0 aliphatic carbocycles. The van der Waals surface area contributed by atoms with E-state index in [9.17, 15) is 4.79 Å². The van der Waals surface area contributed by atoms with E-state index in [0.717, 1.165) is 42.9 Å². The zero-order chi connectivity index (χ0) is 20.5. The monoisotopic (exact) mass is 402 g/mol. The SMILES string of the molecule is NC(=O)c1ccc(-c2nc(C3CCn4nccc4C3)n(CCc3cnc[nH]3)n2)cc1. The molecular weight excluding hydrogens is 380 g/mol. The summed E-state index contributed by atoms with van der Waals surface area (Å²) in [5.74, 6) is 1.47. The van der Waals surface area contributed by atoms with E-state index in [0.29, 0.717) is 17.9 Å². The number of hydrogen-bond acceptors (Lipinski definition) is 5. The highest BCUT2D eigenvalue weighted by Crippen LogP contribution is 2.30. The number of aromatic amines is 1. The van der Waals surface area contributed by atoms with Gasteiger partial charge in [0.2, 0.25) is 5.91 Å². The molecule has 152 valence electrons. The third kappa shape index (κ3) is 3.49. The Morgan fingerprint density at radius 1 is 1.23 bits per heavy atom. The summed E-state index contributed by atoms with van der Waals surface area (Å²) in [6, 6.07) is 9.17. The molecule has 1 aliphatic heterocycles. The van der Waals surface area contributed by atoms with Crippen LogP contribution in [0, 0.1) is 0 Å². The van der Waals surface area contributed by atoms with Crippen molar-refractivity contribution in [3.05, 3.63) is 71.8 Å². The average molecular weight is 402 g/mol. The fourth-order valence-corrected chi connectivity index (χ4v) is 3.96. The van der Waals surface area contributed by atoms with Gasteiger partial charge in [0.05, 0.1) is 6.33 Å². The summed E-state index contributed by atoms with van der Waals surface area (Å²) in [6.07, 6.45) is 8.03. The number of nitrogens with one attached hydrogen (secondary N) is 1. The Labute approximate surface area is 173 Å². The van der Waals surface area contributed by atoms with Gasteiger partial charge in [-0.25, -0.2) is 14.6 Å². The zero-order valence-corrected chi connectivity index (χ0v) is 16.4. The molecule has 0 bridgehead atoms. The van der Waals surface area contributed by atoms with Gasteiger partial charge >= 0.3 is 0 Å². The van der Waals surface area contributed by atoms with Crippen LogP contribution in [0.2, 0.25) is 0 Å². The van der Waals surface area contributed by atoms with E-state index >= 15 is 0 Å². The molecule has 0 fully saturated rings. The average Bonchev–Trinajstić information content (AvgIpc) is 3.52. The molecule has 3 aromatic heterocycles. The Kier molecular flexibility index (Phi) is 4.62. The van der Waals surface area contributed by atoms with Crippen molar-refractivity contribution in [1.29, 1.82) is 0 Å². The normalized spacial score (nSPS) is 15.8. The first kappa shape index (κ1) is 18.3. The molecule has 1 aromatic carbocycles. The van der Waals surface area contributed by atoms with Crippen LogP contribution in [0.3, 0.4) is 0 Å². The molecule has 4 aromatic rings. The second-order valence-electron chi connectivity index (χ2n) is 7.52. The first-order valence-corrected chi connectivity index (χ1v) is 10.0. The predicted molar refractivity (Wildman–Crippen MR) is 110 cm³/mol. The predicted octanol–water partition coefficient (Wildman–Crippen LogP) is 1.94. The first-order chi connectivity index (χ1) is 14.7. The van der Waals surface area contributed by atoms with Crippen LogP contribution in [-0.2, 0) is 25.9 Å². The van der Waals surface area contributed by atoms with E-state index in [1.165, 1.54) is 5.69 Å². The summed E-state index contributed by atoms with van der Waals surface area (Å²) in [4.78, 5) is 23.5. The maximum absolute atomic E-state index is 11.4. The van der Waals surface area contributed by atoms with E-state index < -0.39 is 5.91 Å². The highest BCUT2D eigenvalue weighted by atomic mass is 16.1. The number of rotatable bonds is 6. The number of amides is 1. The van der Waals surface area contributed by atoms with Crippen LogP contribution < -0.4 is 5.73 Å². The lowest BCUT2D eigenvalue weighted by Crippen LogP contribution is -2.22. The summed E-state index contributed by atoms with van der Waals surface area (Å²) in [5, 5.41) is 9.18. The molecule has 0 saturated heterocycles. The smallest absolute Gasteiger partial charge is 0.248 e. The van der Waals surface area contributed by atoms with Gasteiger partial charge in [-0.1, -0.05) is 12.1 Å². The second-order valence-corrected chi connectivity index (χ2v) is 7.52. The molecule has 9 nitrogen and oxygen atoms in total. The second kappa shape index (κ2) is 7.58. The molecule has 4 heterocycles. The van der Waals surface area contributed by atoms with Crippen LogP contribution >= 0.6 is 0 Å². The van der Waals surface area contributed by atoms with Crippen molar-refractivity contribution in [3.63, 3.8) is 0 Å². The van der Waals surface area contributed by atoms with Crippen molar-refractivity contribution < 1.29 is 4.79 Å². The van der Waals surface area contributed by atoms with Gasteiger partial charge < -0.3 is 10.7 Å². The minimum atomic E-state index is -0.445. The van der Waals surface area contributed by atoms with Gasteiger partial charge in [0, 0.05) is 60.3 Å². The van der Waals surface area contributed by atoms with Crippen molar-refractivity contribution >= 4 is 5.91 Å². The Balaban J connectivity index is 1.46. The van der Waals surface area contributed by atoms with Crippen LogP contribution in [-0.4, -0.2) is 40.4 Å². The number of benzene rings is 1. The molecular formula is C21H22N8O. The minimum absolute atomic E-state index is 0.280.